The average molecular weight is 315 g/mol. The number of rotatable bonds is 9. The van der Waals surface area contributed by atoms with E-state index in [1.807, 2.05) is 31.2 Å². The molecule has 0 radical (unpaired) electrons. The zero-order chi connectivity index (χ0) is 15.7. The van der Waals surface area contributed by atoms with Crippen molar-refractivity contribution in [2.45, 2.75) is 19.1 Å². The quantitative estimate of drug-likeness (QED) is 0.682. The molecule has 0 aliphatic carbocycles. The highest BCUT2D eigenvalue weighted by Gasteiger charge is 2.20. The molecule has 0 aliphatic rings. The van der Waals surface area contributed by atoms with E-state index in [0.29, 0.717) is 18.2 Å². The second-order valence-electron chi connectivity index (χ2n) is 4.73. The van der Waals surface area contributed by atoms with Gasteiger partial charge in [0.15, 0.2) is 0 Å². The molecule has 0 heterocycles. The standard InChI is InChI=1S/C15H23ClN2O3/c1-11(18-14(19)10-17-8-9-20-2)15(21-3)12-4-6-13(16)7-5-12/h4-7,11,15,17H,8-10H2,1-3H3,(H,18,19). The van der Waals surface area contributed by atoms with Crippen molar-refractivity contribution < 1.29 is 14.3 Å². The largest absolute Gasteiger partial charge is 0.383 e. The van der Waals surface area contributed by atoms with E-state index in [2.05, 4.69) is 10.6 Å². The summed E-state index contributed by atoms with van der Waals surface area (Å²) in [7, 11) is 3.25. The molecule has 118 valence electrons. The maximum absolute atomic E-state index is 11.8. The summed E-state index contributed by atoms with van der Waals surface area (Å²) >= 11 is 5.88. The topological polar surface area (TPSA) is 59.6 Å². The molecule has 0 spiro atoms. The lowest BCUT2D eigenvalue weighted by molar-refractivity contribution is -0.121. The highest BCUT2D eigenvalue weighted by molar-refractivity contribution is 6.30. The number of carbonyl (C=O) groups excluding carboxylic acids is 1. The van der Waals surface area contributed by atoms with Gasteiger partial charge >= 0.3 is 0 Å². The Morgan fingerprint density at radius 3 is 2.52 bits per heavy atom. The van der Waals surface area contributed by atoms with Crippen LogP contribution in [0.2, 0.25) is 5.02 Å². The Kier molecular flexibility index (Phi) is 8.30. The van der Waals surface area contributed by atoms with E-state index in [1.54, 1.807) is 14.2 Å². The highest BCUT2D eigenvalue weighted by atomic mass is 35.5. The van der Waals surface area contributed by atoms with Gasteiger partial charge in [0.05, 0.1) is 19.2 Å². The SMILES string of the molecule is COCCNCC(=O)NC(C)C(OC)c1ccc(Cl)cc1. The molecule has 0 aliphatic heterocycles. The first-order chi connectivity index (χ1) is 10.1. The second kappa shape index (κ2) is 9.73. The van der Waals surface area contributed by atoms with Gasteiger partial charge in [0.25, 0.3) is 0 Å². The van der Waals surface area contributed by atoms with Crippen molar-refractivity contribution in [2.75, 3.05) is 33.9 Å². The molecule has 0 fully saturated rings. The van der Waals surface area contributed by atoms with Crippen molar-refractivity contribution in [3.8, 4) is 0 Å². The maximum atomic E-state index is 11.8. The molecule has 1 aromatic carbocycles. The third-order valence-electron chi connectivity index (χ3n) is 3.06. The Labute approximate surface area is 131 Å². The fourth-order valence-corrected chi connectivity index (χ4v) is 2.16. The lowest BCUT2D eigenvalue weighted by Gasteiger charge is -2.24. The van der Waals surface area contributed by atoms with Crippen LogP contribution in [0.4, 0.5) is 0 Å². The number of methoxy groups -OCH3 is 2. The molecule has 1 amide bonds. The minimum Gasteiger partial charge on any atom is -0.383 e. The normalized spacial score (nSPS) is 13.7. The van der Waals surface area contributed by atoms with E-state index in [1.165, 1.54) is 0 Å². The molecule has 21 heavy (non-hydrogen) atoms. The van der Waals surface area contributed by atoms with Crippen LogP contribution in [0.3, 0.4) is 0 Å². The summed E-state index contributed by atoms with van der Waals surface area (Å²) in [6.45, 7) is 3.39. The van der Waals surface area contributed by atoms with Crippen molar-refractivity contribution >= 4 is 17.5 Å². The Hall–Kier alpha value is -1.14. The molecule has 2 N–H and O–H groups in total. The van der Waals surface area contributed by atoms with E-state index in [4.69, 9.17) is 21.1 Å². The van der Waals surface area contributed by atoms with Crippen LogP contribution in [0, 0.1) is 0 Å². The fraction of sp³-hybridized carbons (Fsp3) is 0.533. The zero-order valence-corrected chi connectivity index (χ0v) is 13.4. The number of hydrogen-bond donors (Lipinski definition) is 2. The number of halogens is 1. The van der Waals surface area contributed by atoms with E-state index in [-0.39, 0.29) is 24.6 Å². The van der Waals surface area contributed by atoms with E-state index in [0.717, 1.165) is 5.56 Å². The van der Waals surface area contributed by atoms with Gasteiger partial charge in [0, 0.05) is 25.8 Å². The molecule has 1 rings (SSSR count). The number of carbonyl (C=O) groups is 1. The van der Waals surface area contributed by atoms with E-state index in [9.17, 15) is 4.79 Å². The minimum atomic E-state index is -0.217. The molecule has 2 atom stereocenters. The summed E-state index contributed by atoms with van der Waals surface area (Å²) in [6.07, 6.45) is -0.217. The van der Waals surface area contributed by atoms with Crippen molar-refractivity contribution in [3.05, 3.63) is 34.9 Å². The van der Waals surface area contributed by atoms with Gasteiger partial charge in [-0.2, -0.15) is 0 Å². The van der Waals surface area contributed by atoms with E-state index < -0.39 is 0 Å². The lowest BCUT2D eigenvalue weighted by Crippen LogP contribution is -2.42. The van der Waals surface area contributed by atoms with E-state index >= 15 is 0 Å². The summed E-state index contributed by atoms with van der Waals surface area (Å²) in [5, 5.41) is 6.59. The summed E-state index contributed by atoms with van der Waals surface area (Å²) in [6, 6.07) is 7.27. The maximum Gasteiger partial charge on any atom is 0.234 e. The van der Waals surface area contributed by atoms with Gasteiger partial charge in [-0.1, -0.05) is 23.7 Å². The van der Waals surface area contributed by atoms with Crippen LogP contribution in [0.5, 0.6) is 0 Å². The van der Waals surface area contributed by atoms with Crippen LogP contribution in [0.25, 0.3) is 0 Å². The van der Waals surface area contributed by atoms with Crippen LogP contribution in [-0.2, 0) is 14.3 Å². The molecule has 0 saturated carbocycles. The van der Waals surface area contributed by atoms with Crippen molar-refractivity contribution in [1.29, 1.82) is 0 Å². The number of benzene rings is 1. The predicted octanol–water partition coefficient (Wildman–Crippen LogP) is 1.77. The molecule has 0 aromatic heterocycles. The molecule has 2 unspecified atom stereocenters. The molecule has 0 bridgehead atoms. The zero-order valence-electron chi connectivity index (χ0n) is 12.7. The van der Waals surface area contributed by atoms with Crippen molar-refractivity contribution in [2.24, 2.45) is 0 Å². The van der Waals surface area contributed by atoms with Crippen LogP contribution in [0.1, 0.15) is 18.6 Å². The number of nitrogens with one attached hydrogen (secondary N) is 2. The van der Waals surface area contributed by atoms with Gasteiger partial charge in [-0.05, 0) is 24.6 Å². The van der Waals surface area contributed by atoms with Crippen LogP contribution < -0.4 is 10.6 Å². The molecular weight excluding hydrogens is 292 g/mol. The Balaban J connectivity index is 2.49. The van der Waals surface area contributed by atoms with Crippen LogP contribution >= 0.6 is 11.6 Å². The van der Waals surface area contributed by atoms with Crippen LogP contribution in [0.15, 0.2) is 24.3 Å². The van der Waals surface area contributed by atoms with Gasteiger partial charge in [-0.25, -0.2) is 0 Å². The second-order valence-corrected chi connectivity index (χ2v) is 5.17. The first-order valence-corrected chi connectivity index (χ1v) is 7.23. The minimum absolute atomic E-state index is 0.0744. The van der Waals surface area contributed by atoms with Gasteiger partial charge < -0.3 is 20.1 Å². The smallest absolute Gasteiger partial charge is 0.234 e. The molecule has 0 saturated heterocycles. The molecular formula is C15H23ClN2O3. The van der Waals surface area contributed by atoms with Gasteiger partial charge in [-0.3, -0.25) is 4.79 Å². The molecule has 6 heteroatoms. The third-order valence-corrected chi connectivity index (χ3v) is 3.32. The highest BCUT2D eigenvalue weighted by Crippen LogP contribution is 2.22. The lowest BCUT2D eigenvalue weighted by atomic mass is 10.0. The van der Waals surface area contributed by atoms with Crippen molar-refractivity contribution in [1.82, 2.24) is 10.6 Å². The predicted molar refractivity (Wildman–Crippen MR) is 83.6 cm³/mol. The first kappa shape index (κ1) is 17.9. The number of hydrogen-bond acceptors (Lipinski definition) is 4. The summed E-state index contributed by atoms with van der Waals surface area (Å²) < 4.78 is 10.4. The monoisotopic (exact) mass is 314 g/mol. The van der Waals surface area contributed by atoms with Crippen LogP contribution in [-0.4, -0.2) is 45.9 Å². The summed E-state index contributed by atoms with van der Waals surface area (Å²) in [5.74, 6) is -0.0744. The molecule has 1 aromatic rings. The Bertz CT molecular complexity index is 425. The third kappa shape index (κ3) is 6.44. The van der Waals surface area contributed by atoms with Crippen molar-refractivity contribution in [3.63, 3.8) is 0 Å². The van der Waals surface area contributed by atoms with Gasteiger partial charge in [0.2, 0.25) is 5.91 Å². The Morgan fingerprint density at radius 2 is 1.95 bits per heavy atom. The fourth-order valence-electron chi connectivity index (χ4n) is 2.04. The summed E-state index contributed by atoms with van der Waals surface area (Å²) in [4.78, 5) is 11.8. The average Bonchev–Trinajstić information content (AvgIpc) is 2.46. The number of ether oxygens (including phenoxy) is 2. The van der Waals surface area contributed by atoms with Gasteiger partial charge in [0.1, 0.15) is 6.10 Å². The molecule has 5 nitrogen and oxygen atoms in total. The Morgan fingerprint density at radius 1 is 1.29 bits per heavy atom. The summed E-state index contributed by atoms with van der Waals surface area (Å²) in [5.41, 5.74) is 0.974. The first-order valence-electron chi connectivity index (χ1n) is 6.85. The van der Waals surface area contributed by atoms with Gasteiger partial charge in [-0.15, -0.1) is 0 Å². The number of amides is 1.